The Labute approximate surface area is 145 Å². The molecule has 2 aliphatic rings. The van der Waals surface area contributed by atoms with Gasteiger partial charge in [-0.05, 0) is 24.6 Å². The van der Waals surface area contributed by atoms with E-state index in [9.17, 15) is 14.4 Å². The number of piperazine rings is 1. The van der Waals surface area contributed by atoms with Crippen LogP contribution in [-0.4, -0.2) is 62.0 Å². The molecule has 0 bridgehead atoms. The summed E-state index contributed by atoms with van der Waals surface area (Å²) in [4.78, 5) is 38.4. The van der Waals surface area contributed by atoms with Gasteiger partial charge in [-0.2, -0.15) is 0 Å². The summed E-state index contributed by atoms with van der Waals surface area (Å²) in [6, 6.07) is 2.59. The number of ether oxygens (including phenoxy) is 2. The van der Waals surface area contributed by atoms with Crippen molar-refractivity contribution in [3.8, 4) is 11.5 Å². The van der Waals surface area contributed by atoms with Gasteiger partial charge in [-0.1, -0.05) is 0 Å². The molecule has 1 aromatic carbocycles. The lowest BCUT2D eigenvalue weighted by molar-refractivity contribution is -0.132. The van der Waals surface area contributed by atoms with Crippen LogP contribution in [0.1, 0.15) is 22.3 Å². The van der Waals surface area contributed by atoms with Gasteiger partial charge in [0.05, 0.1) is 6.42 Å². The molecular weight excluding hydrogens is 326 g/mol. The molecular formula is C17H21N3O5. The average molecular weight is 347 g/mol. The van der Waals surface area contributed by atoms with Crippen LogP contribution >= 0.6 is 0 Å². The number of hydrogen-bond donors (Lipinski definition) is 2. The van der Waals surface area contributed by atoms with Gasteiger partial charge in [-0.25, -0.2) is 0 Å². The maximum absolute atomic E-state index is 13.0. The number of carbonyl (C=O) groups excluding carboxylic acids is 3. The SMILES string of the molecule is CNC(=O)CC1C(=O)NCCN1C(=O)c1cc2c(cc1C)OCCO2. The molecule has 1 aromatic rings. The minimum absolute atomic E-state index is 0.0718. The maximum Gasteiger partial charge on any atom is 0.255 e. The first kappa shape index (κ1) is 17.1. The number of carbonyl (C=O) groups is 3. The van der Waals surface area contributed by atoms with Gasteiger partial charge < -0.3 is 25.0 Å². The fourth-order valence-electron chi connectivity index (χ4n) is 3.01. The molecule has 2 N–H and O–H groups in total. The number of nitrogens with one attached hydrogen (secondary N) is 2. The molecule has 0 radical (unpaired) electrons. The highest BCUT2D eigenvalue weighted by atomic mass is 16.6. The molecule has 3 rings (SSSR count). The van der Waals surface area contributed by atoms with E-state index in [4.69, 9.17) is 9.47 Å². The smallest absolute Gasteiger partial charge is 0.255 e. The molecule has 3 amide bonds. The van der Waals surface area contributed by atoms with Crippen molar-refractivity contribution in [2.24, 2.45) is 0 Å². The molecule has 1 saturated heterocycles. The van der Waals surface area contributed by atoms with Crippen molar-refractivity contribution in [1.82, 2.24) is 15.5 Å². The Kier molecular flexibility index (Phi) is 4.78. The van der Waals surface area contributed by atoms with E-state index in [1.165, 1.54) is 11.9 Å². The molecule has 2 aliphatic heterocycles. The van der Waals surface area contributed by atoms with E-state index in [1.807, 2.05) is 6.92 Å². The van der Waals surface area contributed by atoms with E-state index in [1.54, 1.807) is 12.1 Å². The largest absolute Gasteiger partial charge is 0.486 e. The number of rotatable bonds is 3. The molecule has 134 valence electrons. The van der Waals surface area contributed by atoms with Gasteiger partial charge in [-0.3, -0.25) is 14.4 Å². The standard InChI is InChI=1S/C17H21N3O5/c1-10-7-13-14(25-6-5-24-13)8-11(10)17(23)20-4-3-19-16(22)12(20)9-15(21)18-2/h7-8,12H,3-6,9H2,1-2H3,(H,18,21)(H,19,22). The summed E-state index contributed by atoms with van der Waals surface area (Å²) >= 11 is 0. The first-order valence-electron chi connectivity index (χ1n) is 8.20. The molecule has 1 atom stereocenters. The maximum atomic E-state index is 13.0. The highest BCUT2D eigenvalue weighted by Crippen LogP contribution is 2.33. The van der Waals surface area contributed by atoms with Crippen molar-refractivity contribution in [3.63, 3.8) is 0 Å². The van der Waals surface area contributed by atoms with E-state index in [0.29, 0.717) is 43.4 Å². The van der Waals surface area contributed by atoms with Crippen LogP contribution in [-0.2, 0) is 9.59 Å². The van der Waals surface area contributed by atoms with Gasteiger partial charge in [0.25, 0.3) is 5.91 Å². The molecule has 8 heteroatoms. The van der Waals surface area contributed by atoms with Crippen molar-refractivity contribution in [2.75, 3.05) is 33.4 Å². The summed E-state index contributed by atoms with van der Waals surface area (Å²) in [5.74, 6) is 0.221. The molecule has 8 nitrogen and oxygen atoms in total. The lowest BCUT2D eigenvalue weighted by atomic mass is 10.0. The third kappa shape index (κ3) is 3.38. The van der Waals surface area contributed by atoms with Gasteiger partial charge in [0.2, 0.25) is 11.8 Å². The summed E-state index contributed by atoms with van der Waals surface area (Å²) in [5.41, 5.74) is 1.18. The number of amides is 3. The fraction of sp³-hybridized carbons (Fsp3) is 0.471. The zero-order valence-corrected chi connectivity index (χ0v) is 14.3. The topological polar surface area (TPSA) is 97.0 Å². The molecule has 0 spiro atoms. The number of hydrogen-bond acceptors (Lipinski definition) is 5. The number of aryl methyl sites for hydroxylation is 1. The van der Waals surface area contributed by atoms with Crippen LogP contribution in [0.25, 0.3) is 0 Å². The summed E-state index contributed by atoms with van der Waals surface area (Å²) in [5, 5.41) is 5.20. The van der Waals surface area contributed by atoms with Crippen LogP contribution in [0, 0.1) is 6.92 Å². The van der Waals surface area contributed by atoms with Crippen molar-refractivity contribution in [3.05, 3.63) is 23.3 Å². The number of nitrogens with zero attached hydrogens (tertiary/aromatic N) is 1. The highest BCUT2D eigenvalue weighted by molar-refractivity contribution is 6.01. The Bertz CT molecular complexity index is 718. The number of benzene rings is 1. The van der Waals surface area contributed by atoms with Crippen molar-refractivity contribution < 1.29 is 23.9 Å². The summed E-state index contributed by atoms with van der Waals surface area (Å²) in [6.45, 7) is 3.41. The Morgan fingerprint density at radius 3 is 2.64 bits per heavy atom. The van der Waals surface area contributed by atoms with E-state index in [-0.39, 0.29) is 24.1 Å². The van der Waals surface area contributed by atoms with E-state index in [0.717, 1.165) is 5.56 Å². The van der Waals surface area contributed by atoms with Crippen LogP contribution in [0.5, 0.6) is 11.5 Å². The predicted octanol–water partition coefficient (Wildman–Crippen LogP) is -0.157. The fourth-order valence-corrected chi connectivity index (χ4v) is 3.01. The Morgan fingerprint density at radius 1 is 1.28 bits per heavy atom. The molecule has 0 aromatic heterocycles. The molecule has 2 heterocycles. The van der Waals surface area contributed by atoms with Crippen LogP contribution in [0.15, 0.2) is 12.1 Å². The molecule has 0 saturated carbocycles. The number of fused-ring (bicyclic) bond motifs is 1. The summed E-state index contributed by atoms with van der Waals surface area (Å²) in [7, 11) is 1.50. The Hall–Kier alpha value is -2.77. The zero-order chi connectivity index (χ0) is 18.0. The summed E-state index contributed by atoms with van der Waals surface area (Å²) < 4.78 is 11.1. The van der Waals surface area contributed by atoms with Crippen molar-refractivity contribution >= 4 is 17.7 Å². The predicted molar refractivity (Wildman–Crippen MR) is 88.7 cm³/mol. The third-order valence-corrected chi connectivity index (χ3v) is 4.37. The van der Waals surface area contributed by atoms with E-state index < -0.39 is 6.04 Å². The van der Waals surface area contributed by atoms with Gasteiger partial charge in [0.1, 0.15) is 19.3 Å². The quantitative estimate of drug-likeness (QED) is 0.792. The average Bonchev–Trinajstić information content (AvgIpc) is 2.62. The lowest BCUT2D eigenvalue weighted by Crippen LogP contribution is -2.58. The van der Waals surface area contributed by atoms with Crippen molar-refractivity contribution in [2.45, 2.75) is 19.4 Å². The lowest BCUT2D eigenvalue weighted by Gasteiger charge is -2.35. The first-order chi connectivity index (χ1) is 12.0. The Balaban J connectivity index is 1.90. The van der Waals surface area contributed by atoms with Crippen LogP contribution < -0.4 is 20.1 Å². The molecule has 1 fully saturated rings. The molecule has 1 unspecified atom stereocenters. The van der Waals surface area contributed by atoms with Crippen LogP contribution in [0.3, 0.4) is 0 Å². The molecule has 0 aliphatic carbocycles. The van der Waals surface area contributed by atoms with E-state index >= 15 is 0 Å². The highest BCUT2D eigenvalue weighted by Gasteiger charge is 2.35. The normalized spacial score (nSPS) is 19.2. The second kappa shape index (κ2) is 7.00. The monoisotopic (exact) mass is 347 g/mol. The second-order valence-corrected chi connectivity index (χ2v) is 5.99. The van der Waals surface area contributed by atoms with Crippen LogP contribution in [0.4, 0.5) is 0 Å². The third-order valence-electron chi connectivity index (χ3n) is 4.37. The van der Waals surface area contributed by atoms with E-state index in [2.05, 4.69) is 10.6 Å². The summed E-state index contributed by atoms with van der Waals surface area (Å²) in [6.07, 6.45) is -0.0718. The van der Waals surface area contributed by atoms with Gasteiger partial charge in [-0.15, -0.1) is 0 Å². The Morgan fingerprint density at radius 2 is 1.96 bits per heavy atom. The second-order valence-electron chi connectivity index (χ2n) is 5.99. The van der Waals surface area contributed by atoms with Gasteiger partial charge >= 0.3 is 0 Å². The van der Waals surface area contributed by atoms with Crippen molar-refractivity contribution in [1.29, 1.82) is 0 Å². The van der Waals surface area contributed by atoms with Gasteiger partial charge in [0, 0.05) is 25.7 Å². The first-order valence-corrected chi connectivity index (χ1v) is 8.20. The van der Waals surface area contributed by atoms with Gasteiger partial charge in [0.15, 0.2) is 11.5 Å². The minimum atomic E-state index is -0.825. The van der Waals surface area contributed by atoms with Crippen LogP contribution in [0.2, 0.25) is 0 Å². The minimum Gasteiger partial charge on any atom is -0.486 e. The molecule has 25 heavy (non-hydrogen) atoms. The zero-order valence-electron chi connectivity index (χ0n) is 14.3.